The maximum absolute atomic E-state index is 12.0. The topological polar surface area (TPSA) is 46.3 Å². The van der Waals surface area contributed by atoms with Gasteiger partial charge in [0.15, 0.2) is 0 Å². The maximum atomic E-state index is 12.0. The Kier molecular flexibility index (Phi) is 5.26. The van der Waals surface area contributed by atoms with Crippen molar-refractivity contribution in [2.75, 3.05) is 7.05 Å². The summed E-state index contributed by atoms with van der Waals surface area (Å²) in [4.78, 5) is 13.9. The summed E-state index contributed by atoms with van der Waals surface area (Å²) < 4.78 is 0. The van der Waals surface area contributed by atoms with Gasteiger partial charge in [-0.15, -0.1) is 0 Å². The number of carbonyl (C=O) groups excluding carboxylic acids is 1. The molecule has 1 fully saturated rings. The lowest BCUT2D eigenvalue weighted by atomic mass is 9.86. The first-order chi connectivity index (χ1) is 7.56. The minimum atomic E-state index is -0.297. The van der Waals surface area contributed by atoms with Gasteiger partial charge in [-0.05, 0) is 38.0 Å². The number of nitrogens with two attached hydrogens (primary N) is 1. The van der Waals surface area contributed by atoms with E-state index in [4.69, 9.17) is 5.73 Å². The molecular weight excluding hydrogens is 200 g/mol. The zero-order valence-electron chi connectivity index (χ0n) is 10.9. The normalized spacial score (nSPS) is 27.5. The number of hydrogen-bond donors (Lipinski definition) is 1. The minimum Gasteiger partial charge on any atom is -0.341 e. The number of likely N-dealkylation sites (N-methyl/N-ethyl adjacent to an activating group) is 1. The second-order valence-corrected chi connectivity index (χ2v) is 5.26. The molecule has 0 spiro atoms. The minimum absolute atomic E-state index is 0.126. The Morgan fingerprint density at radius 1 is 1.38 bits per heavy atom. The Morgan fingerprint density at radius 2 is 1.94 bits per heavy atom. The van der Waals surface area contributed by atoms with Gasteiger partial charge in [0, 0.05) is 13.1 Å². The first-order valence-corrected chi connectivity index (χ1v) is 6.58. The second-order valence-electron chi connectivity index (χ2n) is 5.26. The molecular formula is C13H26N2O. The first kappa shape index (κ1) is 13.5. The molecule has 1 atom stereocenters. The molecule has 0 saturated heterocycles. The highest BCUT2D eigenvalue weighted by Gasteiger charge is 2.27. The number of hydrogen-bond acceptors (Lipinski definition) is 2. The van der Waals surface area contributed by atoms with Crippen LogP contribution in [-0.4, -0.2) is 29.9 Å². The van der Waals surface area contributed by atoms with Crippen LogP contribution in [0.15, 0.2) is 0 Å². The van der Waals surface area contributed by atoms with Crippen molar-refractivity contribution in [2.45, 2.75) is 64.5 Å². The Bertz CT molecular complexity index is 222. The predicted molar refractivity (Wildman–Crippen MR) is 67.1 cm³/mol. The van der Waals surface area contributed by atoms with E-state index < -0.39 is 0 Å². The van der Waals surface area contributed by atoms with E-state index in [0.29, 0.717) is 6.04 Å². The highest BCUT2D eigenvalue weighted by molar-refractivity contribution is 5.81. The van der Waals surface area contributed by atoms with Crippen LogP contribution in [0, 0.1) is 5.92 Å². The Balaban J connectivity index is 2.44. The summed E-state index contributed by atoms with van der Waals surface area (Å²) in [5, 5.41) is 0. The van der Waals surface area contributed by atoms with E-state index in [-0.39, 0.29) is 11.9 Å². The molecule has 0 heterocycles. The number of rotatable bonds is 4. The van der Waals surface area contributed by atoms with Crippen LogP contribution in [0.25, 0.3) is 0 Å². The zero-order chi connectivity index (χ0) is 12.1. The Labute approximate surface area is 99.4 Å². The van der Waals surface area contributed by atoms with Gasteiger partial charge in [-0.2, -0.15) is 0 Å². The summed E-state index contributed by atoms with van der Waals surface area (Å²) in [5.74, 6) is 0.950. The fourth-order valence-corrected chi connectivity index (χ4v) is 2.51. The Morgan fingerprint density at radius 3 is 2.44 bits per heavy atom. The molecule has 1 amide bonds. The molecule has 0 bridgehead atoms. The van der Waals surface area contributed by atoms with E-state index in [1.807, 2.05) is 11.9 Å². The molecule has 0 aromatic carbocycles. The zero-order valence-corrected chi connectivity index (χ0v) is 10.9. The fraction of sp³-hybridized carbons (Fsp3) is 0.923. The van der Waals surface area contributed by atoms with E-state index in [0.717, 1.165) is 31.6 Å². The molecule has 3 heteroatoms. The molecule has 94 valence electrons. The van der Waals surface area contributed by atoms with Crippen molar-refractivity contribution in [1.29, 1.82) is 0 Å². The van der Waals surface area contributed by atoms with Gasteiger partial charge in [-0.1, -0.05) is 20.3 Å². The molecule has 0 aromatic rings. The molecule has 2 N–H and O–H groups in total. The SMILES string of the molecule is CCC[C@H](N)C(=O)N(C)C1CCC(C)CC1. The highest BCUT2D eigenvalue weighted by atomic mass is 16.2. The van der Waals surface area contributed by atoms with Gasteiger partial charge in [0.1, 0.15) is 0 Å². The average Bonchev–Trinajstić information content (AvgIpc) is 2.28. The van der Waals surface area contributed by atoms with Gasteiger partial charge >= 0.3 is 0 Å². The highest BCUT2D eigenvalue weighted by Crippen LogP contribution is 2.26. The summed E-state index contributed by atoms with van der Waals surface area (Å²) in [6.07, 6.45) is 6.54. The van der Waals surface area contributed by atoms with Gasteiger partial charge in [0.05, 0.1) is 6.04 Å². The van der Waals surface area contributed by atoms with E-state index in [2.05, 4.69) is 13.8 Å². The van der Waals surface area contributed by atoms with Crippen molar-refractivity contribution in [3.8, 4) is 0 Å². The Hall–Kier alpha value is -0.570. The molecule has 0 radical (unpaired) electrons. The van der Waals surface area contributed by atoms with Crippen LogP contribution in [0.2, 0.25) is 0 Å². The lowest BCUT2D eigenvalue weighted by molar-refractivity contribution is -0.134. The molecule has 0 aromatic heterocycles. The predicted octanol–water partition coefficient (Wildman–Crippen LogP) is 2.15. The molecule has 1 rings (SSSR count). The largest absolute Gasteiger partial charge is 0.341 e. The van der Waals surface area contributed by atoms with Gasteiger partial charge in [0.25, 0.3) is 0 Å². The third-order valence-corrected chi connectivity index (χ3v) is 3.80. The molecule has 0 aliphatic heterocycles. The summed E-state index contributed by atoms with van der Waals surface area (Å²) in [6.45, 7) is 4.36. The smallest absolute Gasteiger partial charge is 0.239 e. The lowest BCUT2D eigenvalue weighted by Gasteiger charge is -2.34. The van der Waals surface area contributed by atoms with E-state index in [1.165, 1.54) is 12.8 Å². The van der Waals surface area contributed by atoms with Crippen LogP contribution in [-0.2, 0) is 4.79 Å². The maximum Gasteiger partial charge on any atom is 0.239 e. The van der Waals surface area contributed by atoms with Crippen molar-refractivity contribution in [3.05, 3.63) is 0 Å². The van der Waals surface area contributed by atoms with Gasteiger partial charge in [-0.3, -0.25) is 4.79 Å². The molecule has 1 saturated carbocycles. The van der Waals surface area contributed by atoms with Crippen molar-refractivity contribution in [3.63, 3.8) is 0 Å². The van der Waals surface area contributed by atoms with Gasteiger partial charge in [-0.25, -0.2) is 0 Å². The van der Waals surface area contributed by atoms with E-state index in [1.54, 1.807) is 0 Å². The van der Waals surface area contributed by atoms with E-state index >= 15 is 0 Å². The summed E-state index contributed by atoms with van der Waals surface area (Å²) in [7, 11) is 1.92. The van der Waals surface area contributed by atoms with Crippen molar-refractivity contribution >= 4 is 5.91 Å². The third-order valence-electron chi connectivity index (χ3n) is 3.80. The standard InChI is InChI=1S/C13H26N2O/c1-4-5-12(14)13(16)15(3)11-8-6-10(2)7-9-11/h10-12H,4-9,14H2,1-3H3/t10?,11?,12-/m0/s1. The third kappa shape index (κ3) is 3.48. The van der Waals surface area contributed by atoms with Crippen LogP contribution in [0.4, 0.5) is 0 Å². The fourth-order valence-electron chi connectivity index (χ4n) is 2.51. The number of carbonyl (C=O) groups is 1. The van der Waals surface area contributed by atoms with E-state index in [9.17, 15) is 4.79 Å². The quantitative estimate of drug-likeness (QED) is 0.798. The molecule has 3 nitrogen and oxygen atoms in total. The molecule has 0 unspecified atom stereocenters. The average molecular weight is 226 g/mol. The van der Waals surface area contributed by atoms with Crippen LogP contribution in [0.5, 0.6) is 0 Å². The molecule has 16 heavy (non-hydrogen) atoms. The molecule has 1 aliphatic carbocycles. The van der Waals surface area contributed by atoms with Crippen molar-refractivity contribution in [1.82, 2.24) is 4.90 Å². The van der Waals surface area contributed by atoms with Crippen LogP contribution in [0.3, 0.4) is 0 Å². The van der Waals surface area contributed by atoms with Crippen LogP contribution in [0.1, 0.15) is 52.4 Å². The van der Waals surface area contributed by atoms with Crippen LogP contribution < -0.4 is 5.73 Å². The monoisotopic (exact) mass is 226 g/mol. The van der Waals surface area contributed by atoms with Gasteiger partial charge < -0.3 is 10.6 Å². The summed E-state index contributed by atoms with van der Waals surface area (Å²) in [5.41, 5.74) is 5.87. The van der Waals surface area contributed by atoms with Gasteiger partial charge in [0.2, 0.25) is 5.91 Å². The molecule has 1 aliphatic rings. The summed E-state index contributed by atoms with van der Waals surface area (Å²) in [6, 6.07) is 0.126. The second kappa shape index (κ2) is 6.24. The lowest BCUT2D eigenvalue weighted by Crippen LogP contribution is -2.47. The van der Waals surface area contributed by atoms with Crippen LogP contribution >= 0.6 is 0 Å². The van der Waals surface area contributed by atoms with Crippen molar-refractivity contribution < 1.29 is 4.79 Å². The number of nitrogens with zero attached hydrogens (tertiary/aromatic N) is 1. The first-order valence-electron chi connectivity index (χ1n) is 6.58. The van der Waals surface area contributed by atoms with Crippen molar-refractivity contribution in [2.24, 2.45) is 11.7 Å². The number of amides is 1. The summed E-state index contributed by atoms with van der Waals surface area (Å²) >= 11 is 0.